The van der Waals surface area contributed by atoms with Crippen molar-refractivity contribution >= 4 is 11.9 Å². The Bertz CT molecular complexity index is 1210. The molecule has 1 amide bonds. The highest BCUT2D eigenvalue weighted by Crippen LogP contribution is 2.18. The van der Waals surface area contributed by atoms with Gasteiger partial charge in [0, 0.05) is 12.8 Å². The maximum absolute atomic E-state index is 12.5. The van der Waals surface area contributed by atoms with Crippen LogP contribution in [-0.2, 0) is 14.3 Å². The zero-order chi connectivity index (χ0) is 54.3. The summed E-state index contributed by atoms with van der Waals surface area (Å²) in [7, 11) is 0. The van der Waals surface area contributed by atoms with Crippen molar-refractivity contribution < 1.29 is 24.5 Å². The molecule has 0 heterocycles. The van der Waals surface area contributed by atoms with E-state index in [-0.39, 0.29) is 18.5 Å². The molecule has 0 aromatic rings. The number of nitrogens with one attached hydrogen (secondary N) is 1. The number of rotatable bonds is 63. The van der Waals surface area contributed by atoms with Crippen LogP contribution in [0.15, 0.2) is 36.5 Å². The zero-order valence-electron chi connectivity index (χ0n) is 50.5. The van der Waals surface area contributed by atoms with Gasteiger partial charge in [0.1, 0.15) is 0 Å². The van der Waals surface area contributed by atoms with Gasteiger partial charge < -0.3 is 20.3 Å². The molecule has 2 unspecified atom stereocenters. The first-order valence-electron chi connectivity index (χ1n) is 33.8. The van der Waals surface area contributed by atoms with E-state index in [1.807, 2.05) is 6.08 Å². The summed E-state index contributed by atoms with van der Waals surface area (Å²) in [4.78, 5) is 24.6. The highest BCUT2D eigenvalue weighted by Gasteiger charge is 2.18. The van der Waals surface area contributed by atoms with Crippen molar-refractivity contribution in [3.8, 4) is 0 Å². The Morgan fingerprint density at radius 1 is 0.373 bits per heavy atom. The third-order valence-electron chi connectivity index (χ3n) is 15.7. The number of unbranched alkanes of at least 4 members (excludes halogenated alkanes) is 48. The number of allylic oxidation sites excluding steroid dienone is 5. The SMILES string of the molecule is CCCCCC/C=C\C/C=C\CCCCCCCCCC(=O)OCCCCCCCCCCCCCCCCCCCCCC(=O)NC(CO)C(O)/C=C/CCCCCCCCCCCCCCCCCCCCC. The summed E-state index contributed by atoms with van der Waals surface area (Å²) in [5, 5.41) is 23.2. The minimum absolute atomic E-state index is 0.00154. The van der Waals surface area contributed by atoms with Crippen LogP contribution in [0.25, 0.3) is 0 Å². The number of aliphatic hydroxyl groups is 2. The molecule has 3 N–H and O–H groups in total. The number of ether oxygens (including phenoxy) is 1. The van der Waals surface area contributed by atoms with Gasteiger partial charge in [-0.2, -0.15) is 0 Å². The predicted molar refractivity (Wildman–Crippen MR) is 329 cm³/mol. The fourth-order valence-corrected chi connectivity index (χ4v) is 10.5. The normalized spacial score (nSPS) is 12.7. The number of hydrogen-bond acceptors (Lipinski definition) is 5. The van der Waals surface area contributed by atoms with Crippen LogP contribution in [-0.4, -0.2) is 47.4 Å². The Morgan fingerprint density at radius 3 is 1.03 bits per heavy atom. The zero-order valence-corrected chi connectivity index (χ0v) is 50.5. The van der Waals surface area contributed by atoms with E-state index in [2.05, 4.69) is 43.5 Å². The molecule has 0 aromatic heterocycles. The predicted octanol–water partition coefficient (Wildman–Crippen LogP) is 21.5. The first-order chi connectivity index (χ1) is 37.0. The fraction of sp³-hybridized carbons (Fsp3) is 0.884. The molecule has 0 aromatic carbocycles. The van der Waals surface area contributed by atoms with Gasteiger partial charge in [0.05, 0.1) is 25.4 Å². The van der Waals surface area contributed by atoms with E-state index in [1.54, 1.807) is 6.08 Å². The van der Waals surface area contributed by atoms with E-state index in [4.69, 9.17) is 4.74 Å². The molecule has 0 radical (unpaired) electrons. The van der Waals surface area contributed by atoms with Crippen molar-refractivity contribution in [2.24, 2.45) is 0 Å². The van der Waals surface area contributed by atoms with Crippen molar-refractivity contribution in [2.45, 2.75) is 379 Å². The molecule has 6 nitrogen and oxygen atoms in total. The summed E-state index contributed by atoms with van der Waals surface area (Å²) in [5.74, 6) is -0.0663. The fourth-order valence-electron chi connectivity index (χ4n) is 10.5. The van der Waals surface area contributed by atoms with Gasteiger partial charge >= 0.3 is 5.97 Å². The number of amides is 1. The van der Waals surface area contributed by atoms with E-state index < -0.39 is 12.1 Å². The molecule has 0 saturated carbocycles. The highest BCUT2D eigenvalue weighted by atomic mass is 16.5. The van der Waals surface area contributed by atoms with E-state index in [0.717, 1.165) is 51.4 Å². The minimum atomic E-state index is -0.848. The molecular formula is C69H131NO5. The third kappa shape index (κ3) is 61.2. The molecular weight excluding hydrogens is 923 g/mol. The van der Waals surface area contributed by atoms with Gasteiger partial charge in [0.25, 0.3) is 0 Å². The van der Waals surface area contributed by atoms with Crippen molar-refractivity contribution in [3.05, 3.63) is 36.5 Å². The quantitative estimate of drug-likeness (QED) is 0.0320. The minimum Gasteiger partial charge on any atom is -0.466 e. The monoisotopic (exact) mass is 1050 g/mol. The first-order valence-corrected chi connectivity index (χ1v) is 33.8. The van der Waals surface area contributed by atoms with Gasteiger partial charge in [-0.05, 0) is 64.2 Å². The van der Waals surface area contributed by atoms with E-state index in [1.165, 1.54) is 289 Å². The van der Waals surface area contributed by atoms with Crippen molar-refractivity contribution in [1.82, 2.24) is 5.32 Å². The Hall–Kier alpha value is -1.92. The van der Waals surface area contributed by atoms with E-state index in [9.17, 15) is 19.8 Å². The molecule has 0 saturated heterocycles. The topological polar surface area (TPSA) is 95.9 Å². The number of hydrogen-bond donors (Lipinski definition) is 3. The molecule has 0 rings (SSSR count). The van der Waals surface area contributed by atoms with Crippen molar-refractivity contribution in [3.63, 3.8) is 0 Å². The lowest BCUT2D eigenvalue weighted by Gasteiger charge is -2.20. The third-order valence-corrected chi connectivity index (χ3v) is 15.7. The summed E-state index contributed by atoms with van der Waals surface area (Å²) in [5.41, 5.74) is 0. The average molecular weight is 1050 g/mol. The Labute approximate surface area is 468 Å². The number of esters is 1. The summed E-state index contributed by atoms with van der Waals surface area (Å²) < 4.78 is 5.50. The van der Waals surface area contributed by atoms with Crippen LogP contribution < -0.4 is 5.32 Å². The smallest absolute Gasteiger partial charge is 0.305 e. The number of aliphatic hydroxyl groups excluding tert-OH is 2. The van der Waals surface area contributed by atoms with Crippen LogP contribution in [0, 0.1) is 0 Å². The summed E-state index contributed by atoms with van der Waals surface area (Å²) in [6, 6.07) is -0.632. The summed E-state index contributed by atoms with van der Waals surface area (Å²) in [6.07, 6.45) is 81.9. The summed E-state index contributed by atoms with van der Waals surface area (Å²) in [6.45, 7) is 4.91. The van der Waals surface area contributed by atoms with Gasteiger partial charge in [-0.1, -0.05) is 326 Å². The first kappa shape index (κ1) is 73.1. The standard InChI is InChI=1S/C69H131NO5/c1-3-5-7-9-11-13-15-17-19-21-23-24-26-29-33-37-41-45-49-53-57-61-67(72)66(65-71)70-68(73)62-58-54-50-46-42-38-34-30-27-25-28-32-36-40-44-48-52-56-60-64-75-69(74)63-59-55-51-47-43-39-35-31-22-20-18-16-14-12-10-8-6-4-2/h14,16,20,22,57,61,66-67,71-72H,3-13,15,17-19,21,23-56,58-60,62-65H2,1-2H3,(H,70,73)/b16-14-,22-20-,61-57+. The molecule has 0 aliphatic rings. The van der Waals surface area contributed by atoms with Crippen LogP contribution in [0.2, 0.25) is 0 Å². The number of carbonyl (C=O) groups is 2. The van der Waals surface area contributed by atoms with Crippen LogP contribution in [0.4, 0.5) is 0 Å². The molecule has 6 heteroatoms. The van der Waals surface area contributed by atoms with Gasteiger partial charge in [-0.15, -0.1) is 0 Å². The lowest BCUT2D eigenvalue weighted by molar-refractivity contribution is -0.143. The van der Waals surface area contributed by atoms with Gasteiger partial charge in [-0.3, -0.25) is 9.59 Å². The van der Waals surface area contributed by atoms with Crippen LogP contribution in [0.1, 0.15) is 367 Å². The Kier molecular flexibility index (Phi) is 63.0. The number of carbonyl (C=O) groups excluding carboxylic acids is 2. The molecule has 2 atom stereocenters. The van der Waals surface area contributed by atoms with E-state index in [0.29, 0.717) is 19.4 Å². The lowest BCUT2D eigenvalue weighted by atomic mass is 10.0. The Balaban J connectivity index is 3.43. The second kappa shape index (κ2) is 64.6. The average Bonchev–Trinajstić information content (AvgIpc) is 3.41. The van der Waals surface area contributed by atoms with Crippen molar-refractivity contribution in [1.29, 1.82) is 0 Å². The van der Waals surface area contributed by atoms with E-state index >= 15 is 0 Å². The molecule has 442 valence electrons. The van der Waals surface area contributed by atoms with Crippen LogP contribution in [0.3, 0.4) is 0 Å². The van der Waals surface area contributed by atoms with Crippen molar-refractivity contribution in [2.75, 3.05) is 13.2 Å². The van der Waals surface area contributed by atoms with Crippen LogP contribution >= 0.6 is 0 Å². The summed E-state index contributed by atoms with van der Waals surface area (Å²) >= 11 is 0. The Morgan fingerprint density at radius 2 is 0.667 bits per heavy atom. The maximum Gasteiger partial charge on any atom is 0.305 e. The molecule has 0 spiro atoms. The molecule has 75 heavy (non-hydrogen) atoms. The van der Waals surface area contributed by atoms with Gasteiger partial charge in [0.2, 0.25) is 5.91 Å². The lowest BCUT2D eigenvalue weighted by Crippen LogP contribution is -2.45. The largest absolute Gasteiger partial charge is 0.466 e. The molecule has 0 fully saturated rings. The van der Waals surface area contributed by atoms with Crippen LogP contribution in [0.5, 0.6) is 0 Å². The van der Waals surface area contributed by atoms with Gasteiger partial charge in [0.15, 0.2) is 0 Å². The maximum atomic E-state index is 12.5. The molecule has 0 aliphatic carbocycles. The molecule has 0 bridgehead atoms. The highest BCUT2D eigenvalue weighted by molar-refractivity contribution is 5.76. The second-order valence-electron chi connectivity index (χ2n) is 23.2. The van der Waals surface area contributed by atoms with Gasteiger partial charge in [-0.25, -0.2) is 0 Å². The molecule has 0 aliphatic heterocycles. The second-order valence-corrected chi connectivity index (χ2v) is 23.2.